The number of aliphatic hydroxyl groups is 1. The lowest BCUT2D eigenvalue weighted by Gasteiger charge is -2.18. The first-order chi connectivity index (χ1) is 10.2. The number of nitrogens with zero attached hydrogens (tertiary/aromatic N) is 3. The number of nitrogens with one attached hydrogen (secondary N) is 1. The lowest BCUT2D eigenvalue weighted by atomic mass is 10.1. The van der Waals surface area contributed by atoms with E-state index in [4.69, 9.17) is 5.11 Å². The van der Waals surface area contributed by atoms with Gasteiger partial charge < -0.3 is 15.3 Å². The molecular formula is C14H22N4O3. The van der Waals surface area contributed by atoms with E-state index in [0.29, 0.717) is 24.1 Å². The van der Waals surface area contributed by atoms with Crippen LogP contribution in [0.15, 0.2) is 12.1 Å². The maximum absolute atomic E-state index is 11.2. The highest BCUT2D eigenvalue weighted by Crippen LogP contribution is 2.32. The molecule has 0 radical (unpaired) electrons. The number of hydrogen-bond donors (Lipinski definition) is 2. The van der Waals surface area contributed by atoms with Gasteiger partial charge in [0.2, 0.25) is 5.82 Å². The molecule has 1 saturated heterocycles. The molecule has 7 heteroatoms. The molecule has 1 atom stereocenters. The second-order valence-electron chi connectivity index (χ2n) is 5.34. The molecule has 0 bridgehead atoms. The van der Waals surface area contributed by atoms with Gasteiger partial charge in [-0.2, -0.15) is 0 Å². The third-order valence-corrected chi connectivity index (χ3v) is 3.73. The van der Waals surface area contributed by atoms with Crippen molar-refractivity contribution in [2.45, 2.75) is 26.2 Å². The van der Waals surface area contributed by atoms with Gasteiger partial charge in [0.05, 0.1) is 4.92 Å². The fraction of sp³-hybridized carbons (Fsp3) is 0.643. The summed E-state index contributed by atoms with van der Waals surface area (Å²) in [6.45, 7) is 4.46. The molecule has 1 fully saturated rings. The van der Waals surface area contributed by atoms with E-state index in [1.165, 1.54) is 6.07 Å². The van der Waals surface area contributed by atoms with Gasteiger partial charge >= 0.3 is 5.69 Å². The molecule has 0 aliphatic carbocycles. The van der Waals surface area contributed by atoms with E-state index in [1.54, 1.807) is 6.07 Å². The second-order valence-corrected chi connectivity index (χ2v) is 5.34. The van der Waals surface area contributed by atoms with Crippen molar-refractivity contribution in [3.05, 3.63) is 22.2 Å². The third kappa shape index (κ3) is 3.81. The first kappa shape index (κ1) is 15.5. The summed E-state index contributed by atoms with van der Waals surface area (Å²) in [5.41, 5.74) is 0.0432. The summed E-state index contributed by atoms with van der Waals surface area (Å²) in [5, 5.41) is 23.4. The Morgan fingerprint density at radius 3 is 3.05 bits per heavy atom. The molecule has 2 rings (SSSR count). The average Bonchev–Trinajstić information content (AvgIpc) is 2.93. The van der Waals surface area contributed by atoms with Gasteiger partial charge in [-0.3, -0.25) is 10.1 Å². The highest BCUT2D eigenvalue weighted by atomic mass is 16.6. The van der Waals surface area contributed by atoms with Crippen LogP contribution in [-0.4, -0.2) is 41.3 Å². The van der Waals surface area contributed by atoms with E-state index < -0.39 is 0 Å². The minimum Gasteiger partial charge on any atom is -0.396 e. The maximum atomic E-state index is 11.2. The molecular weight excluding hydrogens is 272 g/mol. The van der Waals surface area contributed by atoms with Crippen LogP contribution in [0.25, 0.3) is 0 Å². The van der Waals surface area contributed by atoms with Gasteiger partial charge in [-0.05, 0) is 31.2 Å². The molecule has 21 heavy (non-hydrogen) atoms. The molecule has 0 aromatic carbocycles. The molecule has 2 heterocycles. The molecule has 1 aliphatic heterocycles. The number of aromatic nitrogens is 1. The summed E-state index contributed by atoms with van der Waals surface area (Å²) < 4.78 is 0. The van der Waals surface area contributed by atoms with Crippen LogP contribution in [0, 0.1) is 16.0 Å². The van der Waals surface area contributed by atoms with Gasteiger partial charge in [-0.25, -0.2) is 4.98 Å². The van der Waals surface area contributed by atoms with Crippen molar-refractivity contribution in [1.29, 1.82) is 0 Å². The number of hydrogen-bond acceptors (Lipinski definition) is 6. The van der Waals surface area contributed by atoms with Gasteiger partial charge in [-0.1, -0.05) is 6.92 Å². The summed E-state index contributed by atoms with van der Waals surface area (Å²) in [7, 11) is 0. The van der Waals surface area contributed by atoms with Crippen LogP contribution in [0.3, 0.4) is 0 Å². The van der Waals surface area contributed by atoms with Gasteiger partial charge in [0.1, 0.15) is 5.82 Å². The molecule has 0 spiro atoms. The number of nitro groups is 1. The zero-order chi connectivity index (χ0) is 15.2. The van der Waals surface area contributed by atoms with Gasteiger partial charge in [0.15, 0.2) is 0 Å². The normalized spacial score (nSPS) is 18.0. The van der Waals surface area contributed by atoms with E-state index >= 15 is 0 Å². The van der Waals surface area contributed by atoms with E-state index in [1.807, 2.05) is 4.90 Å². The topological polar surface area (TPSA) is 91.5 Å². The van der Waals surface area contributed by atoms with Gasteiger partial charge in [-0.15, -0.1) is 0 Å². The molecule has 1 aromatic heterocycles. The van der Waals surface area contributed by atoms with E-state index in [2.05, 4.69) is 17.2 Å². The van der Waals surface area contributed by atoms with E-state index in [9.17, 15) is 10.1 Å². The van der Waals surface area contributed by atoms with Crippen molar-refractivity contribution < 1.29 is 10.0 Å². The Kier molecular flexibility index (Phi) is 5.32. The summed E-state index contributed by atoms with van der Waals surface area (Å²) in [6, 6.07) is 3.16. The van der Waals surface area contributed by atoms with Crippen molar-refractivity contribution in [3.8, 4) is 0 Å². The predicted molar refractivity (Wildman–Crippen MR) is 81.7 cm³/mol. The summed E-state index contributed by atoms with van der Waals surface area (Å²) in [4.78, 5) is 17.2. The molecule has 7 nitrogen and oxygen atoms in total. The Balaban J connectivity index is 2.20. The summed E-state index contributed by atoms with van der Waals surface area (Å²) in [5.74, 6) is 1.48. The molecule has 0 amide bonds. The fourth-order valence-corrected chi connectivity index (χ4v) is 2.61. The molecule has 0 saturated carbocycles. The lowest BCUT2D eigenvalue weighted by Crippen LogP contribution is -2.22. The summed E-state index contributed by atoms with van der Waals surface area (Å²) in [6.07, 6.45) is 2.64. The first-order valence-electron chi connectivity index (χ1n) is 7.40. The quantitative estimate of drug-likeness (QED) is 0.590. The Labute approximate surface area is 124 Å². The molecule has 116 valence electrons. The van der Waals surface area contributed by atoms with Crippen molar-refractivity contribution in [2.24, 2.45) is 5.92 Å². The number of pyridine rings is 1. The Morgan fingerprint density at radius 1 is 1.57 bits per heavy atom. The van der Waals surface area contributed by atoms with Crippen molar-refractivity contribution in [1.82, 2.24) is 4.98 Å². The fourth-order valence-electron chi connectivity index (χ4n) is 2.61. The third-order valence-electron chi connectivity index (χ3n) is 3.73. The number of aliphatic hydroxyl groups excluding tert-OH is 1. The number of rotatable bonds is 7. The molecule has 1 unspecified atom stereocenters. The van der Waals surface area contributed by atoms with Crippen LogP contribution in [0.1, 0.15) is 26.2 Å². The average molecular weight is 294 g/mol. The van der Waals surface area contributed by atoms with Crippen molar-refractivity contribution in [3.63, 3.8) is 0 Å². The minimum absolute atomic E-state index is 0.0432. The second kappa shape index (κ2) is 7.21. The van der Waals surface area contributed by atoms with Crippen LogP contribution >= 0.6 is 0 Å². The van der Waals surface area contributed by atoms with Gasteiger partial charge in [0.25, 0.3) is 0 Å². The van der Waals surface area contributed by atoms with Crippen LogP contribution < -0.4 is 10.2 Å². The van der Waals surface area contributed by atoms with Crippen molar-refractivity contribution >= 4 is 17.3 Å². The van der Waals surface area contributed by atoms with E-state index in [0.717, 1.165) is 32.4 Å². The number of anilines is 2. The predicted octanol–water partition coefficient (Wildman–Crippen LogP) is 2.02. The zero-order valence-corrected chi connectivity index (χ0v) is 12.3. The lowest BCUT2D eigenvalue weighted by molar-refractivity contribution is -0.384. The molecule has 1 aromatic rings. The zero-order valence-electron chi connectivity index (χ0n) is 12.3. The van der Waals surface area contributed by atoms with Crippen molar-refractivity contribution in [2.75, 3.05) is 36.5 Å². The SMILES string of the molecule is CCCNc1ccc([N+](=O)[O-])c(N2CCC(CCO)C2)n1. The Bertz CT molecular complexity index is 495. The maximum Gasteiger partial charge on any atom is 0.311 e. The monoisotopic (exact) mass is 294 g/mol. The standard InChI is InChI=1S/C14H22N4O3/c1-2-7-15-13-4-3-12(18(20)21)14(16-13)17-8-5-11(10-17)6-9-19/h3-4,11,19H,2,5-10H2,1H3,(H,15,16). The van der Waals surface area contributed by atoms with Crippen LogP contribution in [-0.2, 0) is 0 Å². The highest BCUT2D eigenvalue weighted by Gasteiger charge is 2.28. The summed E-state index contributed by atoms with van der Waals surface area (Å²) >= 11 is 0. The first-order valence-corrected chi connectivity index (χ1v) is 7.40. The Morgan fingerprint density at radius 2 is 2.38 bits per heavy atom. The highest BCUT2D eigenvalue weighted by molar-refractivity contribution is 5.62. The van der Waals surface area contributed by atoms with Crippen LogP contribution in [0.2, 0.25) is 0 Å². The van der Waals surface area contributed by atoms with Crippen LogP contribution in [0.5, 0.6) is 0 Å². The minimum atomic E-state index is -0.384. The largest absolute Gasteiger partial charge is 0.396 e. The Hall–Kier alpha value is -1.89. The van der Waals surface area contributed by atoms with Crippen LogP contribution in [0.4, 0.5) is 17.3 Å². The van der Waals surface area contributed by atoms with E-state index in [-0.39, 0.29) is 17.2 Å². The van der Waals surface area contributed by atoms with Gasteiger partial charge in [0, 0.05) is 32.3 Å². The molecule has 1 aliphatic rings. The molecule has 2 N–H and O–H groups in total. The smallest absolute Gasteiger partial charge is 0.311 e.